The van der Waals surface area contributed by atoms with Crippen LogP contribution in [0.5, 0.6) is 0 Å². The first-order valence-electron chi connectivity index (χ1n) is 6.69. The van der Waals surface area contributed by atoms with E-state index in [1.165, 1.54) is 29.2 Å². The van der Waals surface area contributed by atoms with Gasteiger partial charge < -0.3 is 4.90 Å². The molecule has 0 atom stereocenters. The molecule has 0 aliphatic carbocycles. The topological polar surface area (TPSA) is 20.3 Å². The van der Waals surface area contributed by atoms with Gasteiger partial charge in [0, 0.05) is 12.1 Å². The second-order valence-electron chi connectivity index (χ2n) is 4.83. The Morgan fingerprint density at radius 3 is 2.52 bits per heavy atom. The van der Waals surface area contributed by atoms with Crippen LogP contribution in [0.15, 0.2) is 54.6 Å². The molecule has 0 spiro atoms. The van der Waals surface area contributed by atoms with E-state index < -0.39 is 11.6 Å². The Bertz CT molecular complexity index is 724. The van der Waals surface area contributed by atoms with Crippen molar-refractivity contribution in [1.29, 1.82) is 0 Å². The van der Waals surface area contributed by atoms with Gasteiger partial charge in [-0.2, -0.15) is 0 Å². The SMILES string of the molecule is O=C1C=CCCN1c1ccc(-c2ccccc2F)cc1F. The third-order valence-corrected chi connectivity index (χ3v) is 3.47. The van der Waals surface area contributed by atoms with Gasteiger partial charge in [0.2, 0.25) is 0 Å². The molecule has 1 amide bonds. The molecule has 2 aromatic rings. The zero-order valence-electron chi connectivity index (χ0n) is 11.2. The Kier molecular flexibility index (Phi) is 3.52. The monoisotopic (exact) mass is 285 g/mol. The molecule has 0 saturated carbocycles. The van der Waals surface area contributed by atoms with Gasteiger partial charge in [-0.25, -0.2) is 8.78 Å². The van der Waals surface area contributed by atoms with Gasteiger partial charge in [0.1, 0.15) is 11.6 Å². The van der Waals surface area contributed by atoms with Crippen molar-refractivity contribution < 1.29 is 13.6 Å². The van der Waals surface area contributed by atoms with Crippen LogP contribution in [0.4, 0.5) is 14.5 Å². The molecular weight excluding hydrogens is 272 g/mol. The van der Waals surface area contributed by atoms with Gasteiger partial charge in [-0.05, 0) is 36.3 Å². The van der Waals surface area contributed by atoms with E-state index >= 15 is 0 Å². The first-order chi connectivity index (χ1) is 10.2. The highest BCUT2D eigenvalue weighted by Gasteiger charge is 2.19. The molecule has 2 nitrogen and oxygen atoms in total. The number of carbonyl (C=O) groups is 1. The van der Waals surface area contributed by atoms with E-state index in [1.807, 2.05) is 0 Å². The molecule has 1 aliphatic heterocycles. The van der Waals surface area contributed by atoms with Crippen molar-refractivity contribution in [2.75, 3.05) is 11.4 Å². The van der Waals surface area contributed by atoms with Crippen LogP contribution in [0, 0.1) is 11.6 Å². The summed E-state index contributed by atoms with van der Waals surface area (Å²) in [5.74, 6) is -1.17. The summed E-state index contributed by atoms with van der Waals surface area (Å²) >= 11 is 0. The molecule has 21 heavy (non-hydrogen) atoms. The summed E-state index contributed by atoms with van der Waals surface area (Å²) in [5, 5.41) is 0. The molecule has 0 N–H and O–H groups in total. The smallest absolute Gasteiger partial charge is 0.250 e. The van der Waals surface area contributed by atoms with E-state index in [2.05, 4.69) is 0 Å². The molecule has 0 fully saturated rings. The Balaban J connectivity index is 1.99. The lowest BCUT2D eigenvalue weighted by atomic mass is 10.0. The number of benzene rings is 2. The van der Waals surface area contributed by atoms with Crippen LogP contribution in [0.3, 0.4) is 0 Å². The van der Waals surface area contributed by atoms with E-state index in [4.69, 9.17) is 0 Å². The highest BCUT2D eigenvalue weighted by Crippen LogP contribution is 2.29. The maximum Gasteiger partial charge on any atom is 0.250 e. The standard InChI is InChI=1S/C17H13F2NO/c18-14-6-2-1-5-13(14)12-8-9-16(15(19)11-12)20-10-4-3-7-17(20)21/h1-3,5-9,11H,4,10H2. The number of hydrogen-bond donors (Lipinski definition) is 0. The predicted octanol–water partition coefficient (Wildman–Crippen LogP) is 3.92. The summed E-state index contributed by atoms with van der Waals surface area (Å²) in [7, 11) is 0. The average molecular weight is 285 g/mol. The zero-order valence-corrected chi connectivity index (χ0v) is 11.2. The molecule has 0 aromatic heterocycles. The van der Waals surface area contributed by atoms with Crippen LogP contribution in [0.1, 0.15) is 6.42 Å². The number of anilines is 1. The third kappa shape index (κ3) is 2.57. The van der Waals surface area contributed by atoms with Crippen molar-refractivity contribution in [2.24, 2.45) is 0 Å². The Labute approximate surface area is 121 Å². The summed E-state index contributed by atoms with van der Waals surface area (Å²) in [4.78, 5) is 13.2. The Morgan fingerprint density at radius 1 is 1.00 bits per heavy atom. The third-order valence-electron chi connectivity index (χ3n) is 3.47. The second-order valence-corrected chi connectivity index (χ2v) is 4.83. The molecule has 0 bridgehead atoms. The number of halogens is 2. The van der Waals surface area contributed by atoms with Gasteiger partial charge in [0.05, 0.1) is 5.69 Å². The van der Waals surface area contributed by atoms with Crippen molar-refractivity contribution in [2.45, 2.75) is 6.42 Å². The van der Waals surface area contributed by atoms with Gasteiger partial charge in [-0.15, -0.1) is 0 Å². The fraction of sp³-hybridized carbons (Fsp3) is 0.118. The molecule has 1 heterocycles. The fourth-order valence-electron chi connectivity index (χ4n) is 2.42. The summed E-state index contributed by atoms with van der Waals surface area (Å²) in [6.45, 7) is 0.450. The van der Waals surface area contributed by atoms with Crippen molar-refractivity contribution in [3.8, 4) is 11.1 Å². The van der Waals surface area contributed by atoms with Crippen LogP contribution >= 0.6 is 0 Å². The molecule has 106 valence electrons. The summed E-state index contributed by atoms with van der Waals surface area (Å²) in [6.07, 6.45) is 3.90. The van der Waals surface area contributed by atoms with Crippen molar-refractivity contribution in [3.63, 3.8) is 0 Å². The van der Waals surface area contributed by atoms with Crippen LogP contribution in [-0.4, -0.2) is 12.5 Å². The van der Waals surface area contributed by atoms with Gasteiger partial charge in [-0.1, -0.05) is 30.3 Å². The van der Waals surface area contributed by atoms with Crippen molar-refractivity contribution >= 4 is 11.6 Å². The highest BCUT2D eigenvalue weighted by molar-refractivity contribution is 6.02. The van der Waals surface area contributed by atoms with Gasteiger partial charge in [-0.3, -0.25) is 4.79 Å². The number of nitrogens with zero attached hydrogens (tertiary/aromatic N) is 1. The van der Waals surface area contributed by atoms with Crippen molar-refractivity contribution in [1.82, 2.24) is 0 Å². The Morgan fingerprint density at radius 2 is 1.81 bits per heavy atom. The van der Waals surface area contributed by atoms with Gasteiger partial charge in [0.25, 0.3) is 5.91 Å². The first kappa shape index (κ1) is 13.5. The lowest BCUT2D eigenvalue weighted by Crippen LogP contribution is -2.33. The molecule has 3 rings (SSSR count). The van der Waals surface area contributed by atoms with Crippen LogP contribution < -0.4 is 4.90 Å². The average Bonchev–Trinajstić information content (AvgIpc) is 2.49. The summed E-state index contributed by atoms with van der Waals surface area (Å²) in [5.41, 5.74) is 1.02. The maximum atomic E-state index is 14.3. The van der Waals surface area contributed by atoms with E-state index in [-0.39, 0.29) is 11.6 Å². The van der Waals surface area contributed by atoms with E-state index in [0.717, 1.165) is 0 Å². The molecule has 0 saturated heterocycles. The quantitative estimate of drug-likeness (QED) is 0.819. The second kappa shape index (κ2) is 5.48. The normalized spacial score (nSPS) is 14.6. The van der Waals surface area contributed by atoms with E-state index in [9.17, 15) is 13.6 Å². The first-order valence-corrected chi connectivity index (χ1v) is 6.69. The molecular formula is C17H13F2NO. The van der Waals surface area contributed by atoms with E-state index in [0.29, 0.717) is 24.1 Å². The van der Waals surface area contributed by atoms with E-state index in [1.54, 1.807) is 30.3 Å². The van der Waals surface area contributed by atoms with Crippen LogP contribution in [0.2, 0.25) is 0 Å². The molecule has 1 aliphatic rings. The van der Waals surface area contributed by atoms with Gasteiger partial charge in [0.15, 0.2) is 0 Å². The summed E-state index contributed by atoms with van der Waals surface area (Å²) < 4.78 is 28.0. The number of hydrogen-bond acceptors (Lipinski definition) is 1. The lowest BCUT2D eigenvalue weighted by molar-refractivity contribution is -0.114. The zero-order chi connectivity index (χ0) is 14.8. The number of rotatable bonds is 2. The van der Waals surface area contributed by atoms with Crippen molar-refractivity contribution in [3.05, 3.63) is 66.3 Å². The molecule has 0 radical (unpaired) electrons. The lowest BCUT2D eigenvalue weighted by Gasteiger charge is -2.24. The number of amides is 1. The van der Waals surface area contributed by atoms with Crippen LogP contribution in [-0.2, 0) is 4.79 Å². The summed E-state index contributed by atoms with van der Waals surface area (Å²) in [6, 6.07) is 10.6. The largest absolute Gasteiger partial charge is 0.306 e. The van der Waals surface area contributed by atoms with Crippen LogP contribution in [0.25, 0.3) is 11.1 Å². The molecule has 2 aromatic carbocycles. The minimum Gasteiger partial charge on any atom is -0.306 e. The maximum absolute atomic E-state index is 14.3. The minimum absolute atomic E-state index is 0.226. The van der Waals surface area contributed by atoms with Gasteiger partial charge >= 0.3 is 0 Å². The molecule has 0 unspecified atom stereocenters. The highest BCUT2D eigenvalue weighted by atomic mass is 19.1. The predicted molar refractivity (Wildman–Crippen MR) is 77.9 cm³/mol. The fourth-order valence-corrected chi connectivity index (χ4v) is 2.42. The molecule has 4 heteroatoms. The Hall–Kier alpha value is -2.49. The number of carbonyl (C=O) groups excluding carboxylic acids is 1. The minimum atomic E-state index is -0.528.